The Kier molecular flexibility index (Phi) is 3.85. The number of nitrogens with one attached hydrogen (secondary N) is 2. The summed E-state index contributed by atoms with van der Waals surface area (Å²) < 4.78 is 13.8. The highest BCUT2D eigenvalue weighted by molar-refractivity contribution is 5.99. The predicted octanol–water partition coefficient (Wildman–Crippen LogP) is 1.68. The van der Waals surface area contributed by atoms with Crippen LogP contribution in [0.3, 0.4) is 0 Å². The third-order valence-electron chi connectivity index (χ3n) is 2.73. The van der Waals surface area contributed by atoms with E-state index in [9.17, 15) is 9.18 Å². The fourth-order valence-corrected chi connectivity index (χ4v) is 1.73. The predicted molar refractivity (Wildman–Crippen MR) is 74.6 cm³/mol. The van der Waals surface area contributed by atoms with Crippen LogP contribution in [0.5, 0.6) is 0 Å². The van der Waals surface area contributed by atoms with Gasteiger partial charge in [-0.3, -0.25) is 9.89 Å². The number of amides is 1. The number of benzene rings is 1. The molecule has 0 atom stereocenters. The van der Waals surface area contributed by atoms with Crippen LogP contribution < -0.4 is 11.1 Å². The van der Waals surface area contributed by atoms with Crippen molar-refractivity contribution in [3.8, 4) is 11.3 Å². The first-order chi connectivity index (χ1) is 9.38. The summed E-state index contributed by atoms with van der Waals surface area (Å²) in [5.74, 6) is -0.750. The van der Waals surface area contributed by atoms with Crippen LogP contribution in [0.1, 0.15) is 24.2 Å². The molecule has 6 heteroatoms. The SMILES string of the molecule is CC(C)(N)CNC(=O)c1cn[nH]c1-c1ccccc1F. The van der Waals surface area contributed by atoms with E-state index in [-0.39, 0.29) is 5.91 Å². The van der Waals surface area contributed by atoms with Gasteiger partial charge >= 0.3 is 0 Å². The van der Waals surface area contributed by atoms with Crippen LogP contribution in [0, 0.1) is 5.82 Å². The average molecular weight is 276 g/mol. The van der Waals surface area contributed by atoms with E-state index < -0.39 is 11.4 Å². The minimum atomic E-state index is -0.516. The van der Waals surface area contributed by atoms with Gasteiger partial charge in [-0.1, -0.05) is 12.1 Å². The maximum absolute atomic E-state index is 13.8. The molecule has 1 aromatic carbocycles. The largest absolute Gasteiger partial charge is 0.350 e. The Morgan fingerprint density at radius 3 is 2.80 bits per heavy atom. The van der Waals surface area contributed by atoms with Gasteiger partial charge in [-0.25, -0.2) is 4.39 Å². The minimum Gasteiger partial charge on any atom is -0.350 e. The monoisotopic (exact) mass is 276 g/mol. The van der Waals surface area contributed by atoms with Crippen LogP contribution in [0.4, 0.5) is 4.39 Å². The minimum absolute atomic E-state index is 0.291. The molecule has 0 aliphatic rings. The van der Waals surface area contributed by atoms with Gasteiger partial charge in [-0.05, 0) is 26.0 Å². The Bertz CT molecular complexity index is 616. The molecule has 1 amide bonds. The molecule has 0 radical (unpaired) electrons. The van der Waals surface area contributed by atoms with Crippen molar-refractivity contribution in [2.45, 2.75) is 19.4 Å². The molecule has 4 N–H and O–H groups in total. The lowest BCUT2D eigenvalue weighted by atomic mass is 10.1. The Labute approximate surface area is 116 Å². The molecular weight excluding hydrogens is 259 g/mol. The van der Waals surface area contributed by atoms with Crippen molar-refractivity contribution in [3.05, 3.63) is 41.8 Å². The molecule has 2 aromatic rings. The third kappa shape index (κ3) is 3.21. The summed E-state index contributed by atoms with van der Waals surface area (Å²) >= 11 is 0. The zero-order valence-electron chi connectivity index (χ0n) is 11.4. The molecular formula is C14H17FN4O. The summed E-state index contributed by atoms with van der Waals surface area (Å²) in [5.41, 5.74) is 6.25. The summed E-state index contributed by atoms with van der Waals surface area (Å²) in [7, 11) is 0. The Balaban J connectivity index is 2.25. The van der Waals surface area contributed by atoms with Crippen molar-refractivity contribution in [3.63, 3.8) is 0 Å². The lowest BCUT2D eigenvalue weighted by Crippen LogP contribution is -2.45. The number of carbonyl (C=O) groups excluding carboxylic acids is 1. The topological polar surface area (TPSA) is 83.8 Å². The number of carbonyl (C=O) groups is 1. The van der Waals surface area contributed by atoms with Gasteiger partial charge in [0.2, 0.25) is 0 Å². The summed E-state index contributed by atoms with van der Waals surface area (Å²) in [6.45, 7) is 3.93. The number of nitrogens with zero attached hydrogens (tertiary/aromatic N) is 1. The molecule has 0 unspecified atom stereocenters. The van der Waals surface area contributed by atoms with Crippen LogP contribution in [0.2, 0.25) is 0 Å². The van der Waals surface area contributed by atoms with Gasteiger partial charge < -0.3 is 11.1 Å². The van der Waals surface area contributed by atoms with Crippen molar-refractivity contribution in [2.75, 3.05) is 6.54 Å². The highest BCUT2D eigenvalue weighted by atomic mass is 19.1. The second-order valence-corrected chi connectivity index (χ2v) is 5.31. The van der Waals surface area contributed by atoms with Crippen molar-refractivity contribution in [1.29, 1.82) is 0 Å². The fraction of sp³-hybridized carbons (Fsp3) is 0.286. The van der Waals surface area contributed by atoms with E-state index in [0.717, 1.165) is 0 Å². The second kappa shape index (κ2) is 5.42. The van der Waals surface area contributed by atoms with E-state index in [4.69, 9.17) is 5.73 Å². The standard InChI is InChI=1S/C14H17FN4O/c1-14(2,16)8-17-13(20)10-7-18-19-12(10)9-5-3-4-6-11(9)15/h3-7H,8,16H2,1-2H3,(H,17,20)(H,18,19). The zero-order chi connectivity index (χ0) is 14.8. The van der Waals surface area contributed by atoms with Crippen LogP contribution in [0.15, 0.2) is 30.5 Å². The maximum atomic E-state index is 13.8. The van der Waals surface area contributed by atoms with Crippen LogP contribution in [-0.2, 0) is 0 Å². The van der Waals surface area contributed by atoms with Crippen LogP contribution in [-0.4, -0.2) is 28.2 Å². The molecule has 0 saturated carbocycles. The Morgan fingerprint density at radius 2 is 2.15 bits per heavy atom. The normalized spacial score (nSPS) is 11.4. The maximum Gasteiger partial charge on any atom is 0.255 e. The molecule has 0 saturated heterocycles. The van der Waals surface area contributed by atoms with E-state index in [1.807, 2.05) is 0 Å². The molecule has 0 aliphatic heterocycles. The smallest absolute Gasteiger partial charge is 0.255 e. The quantitative estimate of drug-likeness (QED) is 0.794. The molecule has 0 fully saturated rings. The molecule has 0 aliphatic carbocycles. The number of nitrogens with two attached hydrogens (primary N) is 1. The average Bonchev–Trinajstić information content (AvgIpc) is 2.84. The molecule has 1 aromatic heterocycles. The second-order valence-electron chi connectivity index (χ2n) is 5.31. The zero-order valence-corrected chi connectivity index (χ0v) is 11.4. The highest BCUT2D eigenvalue weighted by Crippen LogP contribution is 2.23. The molecule has 2 rings (SSSR count). The van der Waals surface area contributed by atoms with Crippen molar-refractivity contribution < 1.29 is 9.18 Å². The number of aromatic nitrogens is 2. The van der Waals surface area contributed by atoms with Gasteiger partial charge in [-0.2, -0.15) is 5.10 Å². The van der Waals surface area contributed by atoms with E-state index in [0.29, 0.717) is 23.4 Å². The summed E-state index contributed by atoms with van der Waals surface area (Å²) in [6.07, 6.45) is 1.38. The summed E-state index contributed by atoms with van der Waals surface area (Å²) in [4.78, 5) is 12.1. The van der Waals surface area contributed by atoms with Gasteiger partial charge in [0.15, 0.2) is 0 Å². The Morgan fingerprint density at radius 1 is 1.45 bits per heavy atom. The molecule has 0 bridgehead atoms. The van der Waals surface area contributed by atoms with Gasteiger partial charge in [0.25, 0.3) is 5.91 Å². The molecule has 5 nitrogen and oxygen atoms in total. The van der Waals surface area contributed by atoms with Gasteiger partial charge in [-0.15, -0.1) is 0 Å². The number of aromatic amines is 1. The molecule has 20 heavy (non-hydrogen) atoms. The molecule has 106 valence electrons. The number of rotatable bonds is 4. The molecule has 1 heterocycles. The number of H-pyrrole nitrogens is 1. The van der Waals surface area contributed by atoms with Crippen LogP contribution >= 0.6 is 0 Å². The number of hydrogen-bond acceptors (Lipinski definition) is 3. The summed E-state index contributed by atoms with van der Waals surface area (Å²) in [5, 5.41) is 9.19. The highest BCUT2D eigenvalue weighted by Gasteiger charge is 2.19. The fourth-order valence-electron chi connectivity index (χ4n) is 1.73. The van der Waals surface area contributed by atoms with Crippen molar-refractivity contribution in [1.82, 2.24) is 15.5 Å². The van der Waals surface area contributed by atoms with Crippen molar-refractivity contribution >= 4 is 5.91 Å². The first-order valence-electron chi connectivity index (χ1n) is 6.24. The van der Waals surface area contributed by atoms with E-state index in [1.54, 1.807) is 32.0 Å². The summed E-state index contributed by atoms with van der Waals surface area (Å²) in [6, 6.07) is 6.21. The van der Waals surface area contributed by atoms with Gasteiger partial charge in [0, 0.05) is 17.6 Å². The van der Waals surface area contributed by atoms with Crippen LogP contribution in [0.25, 0.3) is 11.3 Å². The lowest BCUT2D eigenvalue weighted by Gasteiger charge is -2.18. The number of hydrogen-bond donors (Lipinski definition) is 3. The lowest BCUT2D eigenvalue weighted by molar-refractivity contribution is 0.0947. The van der Waals surface area contributed by atoms with E-state index in [1.165, 1.54) is 12.3 Å². The number of halogens is 1. The van der Waals surface area contributed by atoms with E-state index >= 15 is 0 Å². The van der Waals surface area contributed by atoms with E-state index in [2.05, 4.69) is 15.5 Å². The first kappa shape index (κ1) is 14.2. The van der Waals surface area contributed by atoms with Crippen molar-refractivity contribution in [2.24, 2.45) is 5.73 Å². The third-order valence-corrected chi connectivity index (χ3v) is 2.73. The molecule has 0 spiro atoms. The van der Waals surface area contributed by atoms with Gasteiger partial charge in [0.05, 0.1) is 17.5 Å². The first-order valence-corrected chi connectivity index (χ1v) is 6.24. The van der Waals surface area contributed by atoms with Gasteiger partial charge in [0.1, 0.15) is 5.82 Å². The Hall–Kier alpha value is -2.21.